The molecule has 1 heterocycles. The van der Waals surface area contributed by atoms with Gasteiger partial charge in [-0.1, -0.05) is 32.0 Å². The third kappa shape index (κ3) is 4.51. The molecular formula is C17H28N2S. The lowest BCUT2D eigenvalue weighted by atomic mass is 9.98. The van der Waals surface area contributed by atoms with Gasteiger partial charge in [-0.2, -0.15) is 0 Å². The maximum Gasteiger partial charge on any atom is 0.0342 e. The zero-order valence-corrected chi connectivity index (χ0v) is 14.0. The van der Waals surface area contributed by atoms with Crippen LogP contribution < -0.4 is 5.32 Å². The van der Waals surface area contributed by atoms with E-state index in [4.69, 9.17) is 0 Å². The van der Waals surface area contributed by atoms with E-state index >= 15 is 0 Å². The molecule has 0 bridgehead atoms. The first-order chi connectivity index (χ1) is 9.56. The molecule has 2 unspecified atom stereocenters. The molecule has 2 atom stereocenters. The number of nitrogens with one attached hydrogen (secondary N) is 1. The molecule has 1 aromatic rings. The predicted molar refractivity (Wildman–Crippen MR) is 89.5 cm³/mol. The fourth-order valence-electron chi connectivity index (χ4n) is 3.00. The highest BCUT2D eigenvalue weighted by molar-refractivity contribution is 7.99. The van der Waals surface area contributed by atoms with Gasteiger partial charge in [0, 0.05) is 23.5 Å². The Morgan fingerprint density at radius 1 is 1.30 bits per heavy atom. The molecule has 2 nitrogen and oxygen atoms in total. The van der Waals surface area contributed by atoms with E-state index in [1.807, 2.05) is 11.8 Å². The van der Waals surface area contributed by atoms with Gasteiger partial charge in [-0.25, -0.2) is 0 Å². The van der Waals surface area contributed by atoms with Crippen LogP contribution in [0.4, 0.5) is 0 Å². The van der Waals surface area contributed by atoms with Gasteiger partial charge in [-0.05, 0) is 50.2 Å². The summed E-state index contributed by atoms with van der Waals surface area (Å²) in [5, 5.41) is 3.92. The molecule has 1 aliphatic rings. The van der Waals surface area contributed by atoms with E-state index in [1.54, 1.807) is 0 Å². The Kier molecular flexibility index (Phi) is 5.94. The third-order valence-corrected chi connectivity index (χ3v) is 4.86. The number of fused-ring (bicyclic) bond motifs is 1. The van der Waals surface area contributed by atoms with Gasteiger partial charge in [0.2, 0.25) is 0 Å². The van der Waals surface area contributed by atoms with Crippen molar-refractivity contribution in [2.24, 2.45) is 5.92 Å². The van der Waals surface area contributed by atoms with Gasteiger partial charge in [0.05, 0.1) is 0 Å². The summed E-state index contributed by atoms with van der Waals surface area (Å²) in [7, 11) is 4.33. The summed E-state index contributed by atoms with van der Waals surface area (Å²) in [5.74, 6) is 1.96. The van der Waals surface area contributed by atoms with E-state index in [2.05, 4.69) is 62.4 Å². The molecule has 0 aromatic heterocycles. The Bertz CT molecular complexity index is 407. The van der Waals surface area contributed by atoms with Gasteiger partial charge >= 0.3 is 0 Å². The molecule has 0 fully saturated rings. The number of hydrogen-bond donors (Lipinski definition) is 1. The maximum absolute atomic E-state index is 3.92. The molecular weight excluding hydrogens is 264 g/mol. The number of rotatable bonds is 6. The molecule has 0 amide bonds. The minimum absolute atomic E-state index is 0.524. The number of nitrogens with zero attached hydrogens (tertiary/aromatic N) is 1. The summed E-state index contributed by atoms with van der Waals surface area (Å²) in [6.07, 6.45) is 2.48. The first-order valence-corrected chi connectivity index (χ1v) is 8.67. The summed E-state index contributed by atoms with van der Waals surface area (Å²) in [4.78, 5) is 3.76. The highest BCUT2D eigenvalue weighted by Crippen LogP contribution is 2.36. The Labute approximate surface area is 128 Å². The second-order valence-electron chi connectivity index (χ2n) is 6.48. The van der Waals surface area contributed by atoms with Crippen LogP contribution in [0.5, 0.6) is 0 Å². The summed E-state index contributed by atoms with van der Waals surface area (Å²) in [6.45, 7) is 5.74. The Morgan fingerprint density at radius 2 is 2.05 bits per heavy atom. The van der Waals surface area contributed by atoms with Crippen molar-refractivity contribution >= 4 is 11.8 Å². The lowest BCUT2D eigenvalue weighted by molar-refractivity contribution is 0.283. The zero-order chi connectivity index (χ0) is 14.5. The van der Waals surface area contributed by atoms with Gasteiger partial charge in [0.1, 0.15) is 0 Å². The molecule has 20 heavy (non-hydrogen) atoms. The van der Waals surface area contributed by atoms with Crippen molar-refractivity contribution in [2.45, 2.75) is 43.7 Å². The second-order valence-corrected chi connectivity index (χ2v) is 7.62. The maximum atomic E-state index is 3.92. The van der Waals surface area contributed by atoms with Crippen LogP contribution in [0.2, 0.25) is 0 Å². The van der Waals surface area contributed by atoms with Crippen molar-refractivity contribution in [1.29, 1.82) is 0 Å². The van der Waals surface area contributed by atoms with E-state index in [0.717, 1.165) is 12.5 Å². The van der Waals surface area contributed by atoms with Crippen molar-refractivity contribution in [3.8, 4) is 0 Å². The molecule has 1 N–H and O–H groups in total. The molecule has 0 saturated heterocycles. The minimum atomic E-state index is 0.524. The van der Waals surface area contributed by atoms with Gasteiger partial charge in [0.25, 0.3) is 0 Å². The van der Waals surface area contributed by atoms with Crippen LogP contribution in [0.25, 0.3) is 0 Å². The lowest BCUT2D eigenvalue weighted by Gasteiger charge is -2.32. The van der Waals surface area contributed by atoms with Crippen LogP contribution in [0.3, 0.4) is 0 Å². The first kappa shape index (κ1) is 15.9. The standard InChI is InChI=1S/C17H28N2S/c1-13(2)11-14(12-19(3)4)18-16-9-10-20-17-8-6-5-7-15(16)17/h5-8,13-14,16,18H,9-12H2,1-4H3. The Hall–Kier alpha value is -0.510. The SMILES string of the molecule is CC(C)CC(CN(C)C)NC1CCSc2ccccc21. The van der Waals surface area contributed by atoms with Crippen molar-refractivity contribution in [2.75, 3.05) is 26.4 Å². The zero-order valence-electron chi connectivity index (χ0n) is 13.2. The van der Waals surface area contributed by atoms with Gasteiger partial charge in [-0.15, -0.1) is 11.8 Å². The van der Waals surface area contributed by atoms with Gasteiger partial charge in [0.15, 0.2) is 0 Å². The van der Waals surface area contributed by atoms with Crippen molar-refractivity contribution in [3.05, 3.63) is 29.8 Å². The smallest absolute Gasteiger partial charge is 0.0342 e. The molecule has 0 saturated carbocycles. The van der Waals surface area contributed by atoms with E-state index in [9.17, 15) is 0 Å². The molecule has 1 aromatic carbocycles. The summed E-state index contributed by atoms with van der Waals surface area (Å²) in [6, 6.07) is 9.98. The van der Waals surface area contributed by atoms with Crippen LogP contribution in [0.1, 0.15) is 38.3 Å². The summed E-state index contributed by atoms with van der Waals surface area (Å²) < 4.78 is 0. The van der Waals surface area contributed by atoms with Crippen molar-refractivity contribution in [3.63, 3.8) is 0 Å². The largest absolute Gasteiger partial charge is 0.308 e. The average Bonchev–Trinajstić information content (AvgIpc) is 2.37. The highest BCUT2D eigenvalue weighted by atomic mass is 32.2. The second kappa shape index (κ2) is 7.48. The topological polar surface area (TPSA) is 15.3 Å². The minimum Gasteiger partial charge on any atom is -0.308 e. The first-order valence-electron chi connectivity index (χ1n) is 7.68. The number of benzene rings is 1. The molecule has 0 aliphatic carbocycles. The molecule has 112 valence electrons. The van der Waals surface area contributed by atoms with E-state index in [-0.39, 0.29) is 0 Å². The van der Waals surface area contributed by atoms with E-state index in [0.29, 0.717) is 12.1 Å². The fraction of sp³-hybridized carbons (Fsp3) is 0.647. The quantitative estimate of drug-likeness (QED) is 0.859. The molecule has 2 rings (SSSR count). The van der Waals surface area contributed by atoms with Crippen LogP contribution in [-0.2, 0) is 0 Å². The van der Waals surface area contributed by atoms with Crippen LogP contribution in [0.15, 0.2) is 29.2 Å². The monoisotopic (exact) mass is 292 g/mol. The molecule has 0 spiro atoms. The number of thioether (sulfide) groups is 1. The average molecular weight is 292 g/mol. The van der Waals surface area contributed by atoms with Crippen LogP contribution >= 0.6 is 11.8 Å². The van der Waals surface area contributed by atoms with Crippen molar-refractivity contribution < 1.29 is 0 Å². The van der Waals surface area contributed by atoms with Gasteiger partial charge < -0.3 is 10.2 Å². The number of hydrogen-bond acceptors (Lipinski definition) is 3. The van der Waals surface area contributed by atoms with Crippen LogP contribution in [-0.4, -0.2) is 37.3 Å². The lowest BCUT2D eigenvalue weighted by Crippen LogP contribution is -2.42. The molecule has 1 aliphatic heterocycles. The summed E-state index contributed by atoms with van der Waals surface area (Å²) in [5.41, 5.74) is 1.50. The van der Waals surface area contributed by atoms with E-state index in [1.165, 1.54) is 29.1 Å². The summed E-state index contributed by atoms with van der Waals surface area (Å²) >= 11 is 2.00. The Balaban J connectivity index is 2.07. The third-order valence-electron chi connectivity index (χ3n) is 3.74. The fourth-order valence-corrected chi connectivity index (χ4v) is 4.13. The highest BCUT2D eigenvalue weighted by Gasteiger charge is 2.23. The molecule has 3 heteroatoms. The number of likely N-dealkylation sites (N-methyl/N-ethyl adjacent to an activating group) is 1. The normalized spacial score (nSPS) is 20.2. The Morgan fingerprint density at radius 3 is 2.75 bits per heavy atom. The van der Waals surface area contributed by atoms with Crippen LogP contribution in [0, 0.1) is 5.92 Å². The van der Waals surface area contributed by atoms with Crippen molar-refractivity contribution in [1.82, 2.24) is 10.2 Å². The van der Waals surface area contributed by atoms with E-state index < -0.39 is 0 Å². The predicted octanol–water partition coefficient (Wildman–Crippen LogP) is 3.79. The molecule has 0 radical (unpaired) electrons. The van der Waals surface area contributed by atoms with Gasteiger partial charge in [-0.3, -0.25) is 0 Å².